The predicted molar refractivity (Wildman–Crippen MR) is 199 cm³/mol. The summed E-state index contributed by atoms with van der Waals surface area (Å²) in [4.78, 5) is 19.9. The van der Waals surface area contributed by atoms with Crippen molar-refractivity contribution in [2.75, 3.05) is 5.32 Å². The van der Waals surface area contributed by atoms with Crippen molar-refractivity contribution in [3.8, 4) is 16.9 Å². The molecule has 1 aromatic carbocycles. The number of ether oxygens (including phenoxy) is 1. The van der Waals surface area contributed by atoms with Gasteiger partial charge in [0.2, 0.25) is 8.32 Å². The van der Waals surface area contributed by atoms with E-state index in [0.29, 0.717) is 16.3 Å². The maximum absolute atomic E-state index is 13.1. The number of benzene rings is 1. The number of carbonyl (C=O) groups excluding carboxylic acids is 1. The summed E-state index contributed by atoms with van der Waals surface area (Å²) < 4.78 is 15.9. The van der Waals surface area contributed by atoms with Crippen LogP contribution in [0.5, 0.6) is 5.75 Å². The Labute approximate surface area is 294 Å². The third kappa shape index (κ3) is 7.30. The molecule has 2 fully saturated rings. The number of carbonyl (C=O) groups is 1. The van der Waals surface area contributed by atoms with Gasteiger partial charge in [0.25, 0.3) is 0 Å². The molecule has 5 heterocycles. The van der Waals surface area contributed by atoms with Gasteiger partial charge in [-0.3, -0.25) is 4.68 Å². The summed E-state index contributed by atoms with van der Waals surface area (Å²) in [6.45, 7) is 16.7. The number of nitrogens with zero attached hydrogens (tertiary/aromatic N) is 6. The average molecular weight is 705 g/mol. The van der Waals surface area contributed by atoms with Gasteiger partial charge in [-0.1, -0.05) is 32.4 Å². The van der Waals surface area contributed by atoms with Gasteiger partial charge in [-0.05, 0) is 88.9 Å². The highest BCUT2D eigenvalue weighted by atomic mass is 35.5. The van der Waals surface area contributed by atoms with E-state index in [2.05, 4.69) is 50.3 Å². The highest BCUT2D eigenvalue weighted by molar-refractivity contribution is 6.74. The maximum atomic E-state index is 13.1. The molecule has 0 radical (unpaired) electrons. The maximum Gasteiger partial charge on any atom is 0.410 e. The fourth-order valence-electron chi connectivity index (χ4n) is 6.52. The molecule has 11 nitrogen and oxygen atoms in total. The summed E-state index contributed by atoms with van der Waals surface area (Å²) in [5.74, 6) is 1.01. The monoisotopic (exact) mass is 704 g/mol. The van der Waals surface area contributed by atoms with Gasteiger partial charge in [-0.15, -0.1) is 0 Å². The normalized spacial score (nSPS) is 20.2. The van der Waals surface area contributed by atoms with Gasteiger partial charge < -0.3 is 25.1 Å². The van der Waals surface area contributed by atoms with Gasteiger partial charge in [-0.25, -0.2) is 14.3 Å². The number of rotatable bonds is 7. The van der Waals surface area contributed by atoms with Gasteiger partial charge in [0, 0.05) is 48.7 Å². The molecule has 2 aliphatic rings. The third-order valence-electron chi connectivity index (χ3n) is 9.98. The van der Waals surface area contributed by atoms with E-state index in [1.807, 2.05) is 74.0 Å². The zero-order valence-corrected chi connectivity index (χ0v) is 31.8. The molecule has 3 N–H and O–H groups in total. The lowest BCUT2D eigenvalue weighted by molar-refractivity contribution is 0.00683. The van der Waals surface area contributed by atoms with E-state index in [-0.39, 0.29) is 35.1 Å². The highest BCUT2D eigenvalue weighted by Crippen LogP contribution is 2.41. The highest BCUT2D eigenvalue weighted by Gasteiger charge is 2.45. The lowest BCUT2D eigenvalue weighted by Crippen LogP contribution is -2.51. The van der Waals surface area contributed by atoms with E-state index in [9.17, 15) is 4.79 Å². The van der Waals surface area contributed by atoms with Crippen LogP contribution >= 0.6 is 11.6 Å². The fraction of sp³-hybridized carbons (Fsp3) is 0.500. The second-order valence-corrected chi connectivity index (χ2v) is 21.1. The molecule has 0 aliphatic carbocycles. The van der Waals surface area contributed by atoms with Crippen LogP contribution in [0.2, 0.25) is 23.2 Å². The molecule has 262 valence electrons. The zero-order valence-electron chi connectivity index (χ0n) is 30.0. The number of aryl methyl sites for hydroxylation is 1. The Kier molecular flexibility index (Phi) is 9.02. The van der Waals surface area contributed by atoms with Crippen molar-refractivity contribution in [2.45, 2.75) is 109 Å². The second kappa shape index (κ2) is 12.7. The molecule has 13 heteroatoms. The number of piperidine rings is 1. The number of amidine groups is 1. The van der Waals surface area contributed by atoms with Crippen molar-refractivity contribution in [1.82, 2.24) is 24.3 Å². The number of nitrogens with two attached hydrogens (primary N) is 1. The minimum Gasteiger partial charge on any atom is -0.543 e. The van der Waals surface area contributed by atoms with Crippen molar-refractivity contribution in [3.05, 3.63) is 59.6 Å². The number of aromatic nitrogens is 4. The summed E-state index contributed by atoms with van der Waals surface area (Å²) in [6, 6.07) is 7.95. The van der Waals surface area contributed by atoms with Crippen LogP contribution in [-0.2, 0) is 11.8 Å². The van der Waals surface area contributed by atoms with Crippen LogP contribution in [0, 0.1) is 0 Å². The predicted octanol–water partition coefficient (Wildman–Crippen LogP) is 8.15. The first kappa shape index (κ1) is 34.8. The zero-order chi connectivity index (χ0) is 35.5. The Balaban J connectivity index is 1.33. The Bertz CT molecular complexity index is 1890. The molecular formula is C36H49ClN8O3Si. The van der Waals surface area contributed by atoms with E-state index in [4.69, 9.17) is 36.6 Å². The molecule has 2 bridgehead atoms. The Morgan fingerprint density at radius 3 is 2.31 bits per heavy atom. The summed E-state index contributed by atoms with van der Waals surface area (Å²) in [6.07, 6.45) is 10.8. The van der Waals surface area contributed by atoms with Crippen molar-refractivity contribution < 1.29 is 14.0 Å². The molecule has 6 rings (SSSR count). The lowest BCUT2D eigenvalue weighted by Gasteiger charge is -2.40. The first-order valence-electron chi connectivity index (χ1n) is 17.0. The molecule has 2 saturated heterocycles. The number of hydrogen-bond acceptors (Lipinski definition) is 7. The van der Waals surface area contributed by atoms with Crippen molar-refractivity contribution in [3.63, 3.8) is 0 Å². The smallest absolute Gasteiger partial charge is 0.410 e. The molecule has 0 saturated carbocycles. The van der Waals surface area contributed by atoms with Crippen LogP contribution < -0.4 is 15.5 Å². The SMILES string of the molecule is Cn1cc(-c2cc3c(NC4CC5CCC(C4)N5C(=O)OC(C)(C)C)c(C(N)=Nc4ccc(O[Si](C)(C)C(C)(C)C)cc4Cl)cnn3c2)cn1. The van der Waals surface area contributed by atoms with Crippen molar-refractivity contribution in [1.29, 1.82) is 0 Å². The third-order valence-corrected chi connectivity index (χ3v) is 14.6. The van der Waals surface area contributed by atoms with E-state index in [0.717, 1.165) is 53.8 Å². The standard InChI is InChI=1S/C36H49ClN8O3Si/c1-35(2,3)47-34(46)45-25-10-11-26(45)16-24(15-25)41-32-28(19-40-44-21-22(14-31(32)44)23-18-39-43(7)20-23)33(38)42-30-13-12-27(17-29(30)37)48-49(8,9)36(4,5)6/h12-14,17-21,24-26,41H,10-11,15-16H2,1-9H3,(H2,38,42). The minimum atomic E-state index is -2.05. The summed E-state index contributed by atoms with van der Waals surface area (Å²) in [5.41, 5.74) is 11.1. The lowest BCUT2D eigenvalue weighted by atomic mass is 9.97. The largest absolute Gasteiger partial charge is 0.543 e. The van der Waals surface area contributed by atoms with E-state index >= 15 is 0 Å². The summed E-state index contributed by atoms with van der Waals surface area (Å²) in [7, 11) is -0.148. The van der Waals surface area contributed by atoms with E-state index < -0.39 is 13.9 Å². The molecule has 1 amide bonds. The Hall–Kier alpha value is -4.03. The Morgan fingerprint density at radius 1 is 1.02 bits per heavy atom. The quantitative estimate of drug-likeness (QED) is 0.113. The first-order chi connectivity index (χ1) is 22.9. The molecule has 2 atom stereocenters. The van der Waals surface area contributed by atoms with Crippen molar-refractivity contribution >= 4 is 48.7 Å². The van der Waals surface area contributed by atoms with Crippen LogP contribution in [0.1, 0.15) is 72.8 Å². The number of nitrogens with one attached hydrogen (secondary N) is 1. The van der Waals surface area contributed by atoms with Gasteiger partial charge in [0.05, 0.1) is 39.9 Å². The van der Waals surface area contributed by atoms with E-state index in [1.54, 1.807) is 10.9 Å². The van der Waals surface area contributed by atoms with E-state index in [1.165, 1.54) is 0 Å². The van der Waals surface area contributed by atoms with Gasteiger partial charge in [-0.2, -0.15) is 10.2 Å². The van der Waals surface area contributed by atoms with Gasteiger partial charge in [0.1, 0.15) is 17.2 Å². The van der Waals surface area contributed by atoms with Crippen LogP contribution in [0.4, 0.5) is 16.2 Å². The minimum absolute atomic E-state index is 0.0529. The number of aliphatic imine (C=N–C) groups is 1. The van der Waals surface area contributed by atoms with Crippen LogP contribution in [0.25, 0.3) is 16.6 Å². The number of anilines is 1. The first-order valence-corrected chi connectivity index (χ1v) is 20.3. The van der Waals surface area contributed by atoms with Gasteiger partial charge in [0.15, 0.2) is 0 Å². The number of amides is 1. The van der Waals surface area contributed by atoms with Crippen molar-refractivity contribution in [2.24, 2.45) is 17.8 Å². The Morgan fingerprint density at radius 2 is 1.71 bits per heavy atom. The topological polar surface area (TPSA) is 124 Å². The van der Waals surface area contributed by atoms with Crippen LogP contribution in [0.15, 0.2) is 54.0 Å². The molecular weight excluding hydrogens is 656 g/mol. The van der Waals surface area contributed by atoms with Crippen LogP contribution in [0.3, 0.4) is 0 Å². The molecule has 4 aromatic rings. The summed E-state index contributed by atoms with van der Waals surface area (Å²) in [5, 5.41) is 13.4. The number of hydrogen-bond donors (Lipinski definition) is 2. The average Bonchev–Trinajstić information content (AvgIpc) is 3.68. The summed E-state index contributed by atoms with van der Waals surface area (Å²) >= 11 is 6.77. The number of halogens is 1. The molecule has 49 heavy (non-hydrogen) atoms. The molecule has 2 aliphatic heterocycles. The fourth-order valence-corrected chi connectivity index (χ4v) is 7.76. The van der Waals surface area contributed by atoms with Crippen LogP contribution in [-0.4, -0.2) is 68.3 Å². The molecule has 2 unspecified atom stereocenters. The molecule has 3 aromatic heterocycles. The second-order valence-electron chi connectivity index (χ2n) is 16.0. The van der Waals surface area contributed by atoms with Gasteiger partial charge >= 0.3 is 6.09 Å². The molecule has 0 spiro atoms. The number of fused-ring (bicyclic) bond motifs is 3.